The molecule has 1 amide bonds. The maximum Gasteiger partial charge on any atom is 0.326 e. The molecule has 1 atom stereocenters. The molecule has 1 unspecified atom stereocenters. The molecule has 4 heterocycles. The minimum Gasteiger partial charge on any atom is -0.493 e. The third-order valence-electron chi connectivity index (χ3n) is 8.01. The standard InChI is InChI=1S/C33H34N6O4/c1-21-17-25(27-6-2-3-7-28(27)35-21)20-43-26-10-8-24(9-11-26)31(40)36-29(30-32(41)38-33(42)37-30)23-12-15-39(16-13-23)19-22-5-4-14-34-18-22/h2-11,14,17-18,23,29,41H,12-13,15-16,19-20H2,1H3,(H,36,40)(H2,37,38,42). The Morgan fingerprint density at radius 1 is 1.09 bits per heavy atom. The van der Waals surface area contributed by atoms with Crippen molar-refractivity contribution in [2.75, 3.05) is 13.1 Å². The Morgan fingerprint density at radius 3 is 2.60 bits per heavy atom. The van der Waals surface area contributed by atoms with Crippen molar-refractivity contribution < 1.29 is 14.6 Å². The van der Waals surface area contributed by atoms with Crippen molar-refractivity contribution >= 4 is 16.8 Å². The Hall–Kier alpha value is -4.96. The summed E-state index contributed by atoms with van der Waals surface area (Å²) in [7, 11) is 0. The van der Waals surface area contributed by atoms with E-state index in [0.717, 1.165) is 60.2 Å². The number of H-pyrrole nitrogens is 2. The van der Waals surface area contributed by atoms with Crippen molar-refractivity contribution in [3.63, 3.8) is 0 Å². The molecule has 3 aromatic heterocycles. The lowest BCUT2D eigenvalue weighted by Crippen LogP contribution is -2.40. The Labute approximate surface area is 248 Å². The van der Waals surface area contributed by atoms with E-state index >= 15 is 0 Å². The highest BCUT2D eigenvalue weighted by molar-refractivity contribution is 5.94. The minimum absolute atomic E-state index is 0.0210. The van der Waals surface area contributed by atoms with Crippen LogP contribution in [-0.4, -0.2) is 48.9 Å². The Kier molecular flexibility index (Phi) is 8.19. The largest absolute Gasteiger partial charge is 0.493 e. The Morgan fingerprint density at radius 2 is 1.88 bits per heavy atom. The number of imidazole rings is 1. The van der Waals surface area contributed by atoms with E-state index in [1.54, 1.807) is 30.5 Å². The van der Waals surface area contributed by atoms with Gasteiger partial charge in [0.05, 0.1) is 11.6 Å². The van der Waals surface area contributed by atoms with Crippen LogP contribution in [0.3, 0.4) is 0 Å². The van der Waals surface area contributed by atoms with Crippen molar-refractivity contribution in [2.24, 2.45) is 5.92 Å². The topological polar surface area (TPSA) is 136 Å². The van der Waals surface area contributed by atoms with Crippen molar-refractivity contribution in [1.29, 1.82) is 0 Å². The van der Waals surface area contributed by atoms with Gasteiger partial charge in [0.15, 0.2) is 0 Å². The number of carbonyl (C=O) groups is 1. The molecular weight excluding hydrogens is 544 g/mol. The summed E-state index contributed by atoms with van der Waals surface area (Å²) in [5.41, 5.74) is 4.27. The zero-order valence-electron chi connectivity index (χ0n) is 23.9. The number of nitrogens with zero attached hydrogens (tertiary/aromatic N) is 3. The number of para-hydroxylation sites is 1. The number of aryl methyl sites for hydroxylation is 1. The number of fused-ring (bicyclic) bond motifs is 1. The highest BCUT2D eigenvalue weighted by atomic mass is 16.5. The number of piperidine rings is 1. The van der Waals surface area contributed by atoms with Gasteiger partial charge in [0.2, 0.25) is 5.88 Å². The molecule has 1 aliphatic rings. The van der Waals surface area contributed by atoms with Gasteiger partial charge in [0.1, 0.15) is 18.1 Å². The number of likely N-dealkylation sites (tertiary alicyclic amines) is 1. The molecule has 0 saturated carbocycles. The van der Waals surface area contributed by atoms with Crippen molar-refractivity contribution in [2.45, 2.75) is 39.0 Å². The van der Waals surface area contributed by atoms with Crippen LogP contribution in [0, 0.1) is 12.8 Å². The number of pyridine rings is 2. The highest BCUT2D eigenvalue weighted by Gasteiger charge is 2.32. The van der Waals surface area contributed by atoms with Crippen LogP contribution in [0.25, 0.3) is 10.9 Å². The number of aromatic hydroxyl groups is 1. The van der Waals surface area contributed by atoms with Crippen molar-refractivity contribution in [3.05, 3.63) is 118 Å². The summed E-state index contributed by atoms with van der Waals surface area (Å²) < 4.78 is 6.06. The van der Waals surface area contributed by atoms with Gasteiger partial charge < -0.3 is 20.1 Å². The fraction of sp³-hybridized carbons (Fsp3) is 0.273. The van der Waals surface area contributed by atoms with Gasteiger partial charge in [0, 0.05) is 41.1 Å². The van der Waals surface area contributed by atoms with E-state index in [-0.39, 0.29) is 17.7 Å². The van der Waals surface area contributed by atoms with Crippen LogP contribution in [0.4, 0.5) is 0 Å². The number of rotatable bonds is 9. The first-order valence-electron chi connectivity index (χ1n) is 14.4. The summed E-state index contributed by atoms with van der Waals surface area (Å²) in [5, 5.41) is 14.6. The number of amides is 1. The number of carbonyl (C=O) groups excluding carboxylic acids is 1. The van der Waals surface area contributed by atoms with Gasteiger partial charge in [-0.05, 0) is 86.8 Å². The quantitative estimate of drug-likeness (QED) is 0.200. The number of nitrogens with one attached hydrogen (secondary N) is 3. The molecule has 1 saturated heterocycles. The lowest BCUT2D eigenvalue weighted by atomic mass is 9.87. The predicted molar refractivity (Wildman–Crippen MR) is 163 cm³/mol. The normalized spacial score (nSPS) is 14.9. The molecular formula is C33H34N6O4. The van der Waals surface area contributed by atoms with Crippen molar-refractivity contribution in [3.8, 4) is 11.6 Å². The summed E-state index contributed by atoms with van der Waals surface area (Å²) in [6, 6.07) is 20.4. The minimum atomic E-state index is -0.564. The first kappa shape index (κ1) is 28.2. The molecule has 0 radical (unpaired) electrons. The van der Waals surface area contributed by atoms with E-state index < -0.39 is 11.7 Å². The Bertz CT molecular complexity index is 1760. The number of aromatic amines is 2. The van der Waals surface area contributed by atoms with E-state index in [9.17, 15) is 14.7 Å². The van der Waals surface area contributed by atoms with E-state index in [1.165, 1.54) is 0 Å². The molecule has 0 aliphatic carbocycles. The van der Waals surface area contributed by atoms with Gasteiger partial charge in [-0.25, -0.2) is 4.79 Å². The van der Waals surface area contributed by atoms with Crippen LogP contribution in [-0.2, 0) is 13.2 Å². The SMILES string of the molecule is Cc1cc(COc2ccc(C(=O)NC(c3[nH]c(=O)[nH]c3O)C3CCN(Cc4cccnc4)CC3)cc2)c2ccccc2n1. The van der Waals surface area contributed by atoms with Gasteiger partial charge in [-0.3, -0.25) is 24.6 Å². The van der Waals surface area contributed by atoms with Gasteiger partial charge in [-0.1, -0.05) is 24.3 Å². The average Bonchev–Trinajstić information content (AvgIpc) is 3.36. The maximum atomic E-state index is 13.4. The summed E-state index contributed by atoms with van der Waals surface area (Å²) in [6.07, 6.45) is 5.20. The molecule has 43 heavy (non-hydrogen) atoms. The number of hydrogen-bond acceptors (Lipinski definition) is 7. The summed E-state index contributed by atoms with van der Waals surface area (Å²) in [6.45, 7) is 4.77. The van der Waals surface area contributed by atoms with Crippen LogP contribution >= 0.6 is 0 Å². The second kappa shape index (κ2) is 12.5. The predicted octanol–water partition coefficient (Wildman–Crippen LogP) is 4.62. The van der Waals surface area contributed by atoms with Gasteiger partial charge in [-0.2, -0.15) is 0 Å². The van der Waals surface area contributed by atoms with Gasteiger partial charge in [0.25, 0.3) is 5.91 Å². The molecule has 0 spiro atoms. The zero-order chi connectivity index (χ0) is 29.8. The van der Waals surface area contributed by atoms with E-state index in [4.69, 9.17) is 4.74 Å². The molecule has 220 valence electrons. The number of hydrogen-bond donors (Lipinski definition) is 4. The first-order valence-corrected chi connectivity index (χ1v) is 14.4. The monoisotopic (exact) mass is 578 g/mol. The molecule has 10 nitrogen and oxygen atoms in total. The van der Waals surface area contributed by atoms with Crippen LogP contribution in [0.2, 0.25) is 0 Å². The fourth-order valence-electron chi connectivity index (χ4n) is 5.84. The highest BCUT2D eigenvalue weighted by Crippen LogP contribution is 2.33. The van der Waals surface area contributed by atoms with Crippen LogP contribution in [0.5, 0.6) is 11.6 Å². The third-order valence-corrected chi connectivity index (χ3v) is 8.01. The summed E-state index contributed by atoms with van der Waals surface area (Å²) >= 11 is 0. The van der Waals surface area contributed by atoms with E-state index in [0.29, 0.717) is 23.6 Å². The molecule has 4 N–H and O–H groups in total. The van der Waals surface area contributed by atoms with Crippen LogP contribution in [0.1, 0.15) is 51.8 Å². The van der Waals surface area contributed by atoms with Crippen LogP contribution in [0.15, 0.2) is 83.9 Å². The zero-order valence-corrected chi connectivity index (χ0v) is 23.9. The van der Waals surface area contributed by atoms with E-state index in [1.807, 2.05) is 49.5 Å². The number of benzene rings is 2. The summed E-state index contributed by atoms with van der Waals surface area (Å²) in [4.78, 5) is 41.6. The number of ether oxygens (including phenoxy) is 1. The Balaban J connectivity index is 1.12. The molecule has 2 aromatic carbocycles. The van der Waals surface area contributed by atoms with Crippen molar-refractivity contribution in [1.82, 2.24) is 30.2 Å². The lowest BCUT2D eigenvalue weighted by Gasteiger charge is -2.36. The van der Waals surface area contributed by atoms with Gasteiger partial charge in [-0.15, -0.1) is 0 Å². The third kappa shape index (κ3) is 6.60. The molecule has 0 bridgehead atoms. The molecule has 6 rings (SSSR count). The first-order chi connectivity index (χ1) is 20.9. The lowest BCUT2D eigenvalue weighted by molar-refractivity contribution is 0.0887. The van der Waals surface area contributed by atoms with E-state index in [2.05, 4.69) is 36.2 Å². The maximum absolute atomic E-state index is 13.4. The molecule has 1 fully saturated rings. The average molecular weight is 579 g/mol. The molecule has 10 heteroatoms. The smallest absolute Gasteiger partial charge is 0.326 e. The van der Waals surface area contributed by atoms with Crippen LogP contribution < -0.4 is 15.7 Å². The fourth-order valence-corrected chi connectivity index (χ4v) is 5.84. The molecule has 1 aliphatic heterocycles. The number of aromatic nitrogens is 4. The second-order valence-corrected chi connectivity index (χ2v) is 11.0. The second-order valence-electron chi connectivity index (χ2n) is 11.0. The summed E-state index contributed by atoms with van der Waals surface area (Å²) in [5.74, 6) is 0.107. The van der Waals surface area contributed by atoms with Gasteiger partial charge >= 0.3 is 5.69 Å². The molecule has 5 aromatic rings.